The van der Waals surface area contributed by atoms with Crippen LogP contribution in [-0.2, 0) is 6.54 Å². The van der Waals surface area contributed by atoms with Crippen LogP contribution in [-0.4, -0.2) is 26.0 Å². The maximum absolute atomic E-state index is 3.36. The molecule has 0 fully saturated rings. The van der Waals surface area contributed by atoms with Gasteiger partial charge in [-0.1, -0.05) is 55.5 Å². The molecule has 21 heavy (non-hydrogen) atoms. The molecular formula is C19H26N2. The van der Waals surface area contributed by atoms with Crippen LogP contribution in [0, 0.1) is 0 Å². The number of hydrogen-bond acceptors (Lipinski definition) is 2. The average Bonchev–Trinajstić information content (AvgIpc) is 2.49. The van der Waals surface area contributed by atoms with Crippen LogP contribution in [0.1, 0.15) is 30.5 Å². The zero-order valence-electron chi connectivity index (χ0n) is 13.6. The molecule has 2 aromatic carbocycles. The van der Waals surface area contributed by atoms with Crippen LogP contribution in [0.15, 0.2) is 48.5 Å². The summed E-state index contributed by atoms with van der Waals surface area (Å²) in [5.74, 6) is 0. The molecule has 1 atom stereocenters. The number of nitrogens with zero attached hydrogens (tertiary/aromatic N) is 1. The summed E-state index contributed by atoms with van der Waals surface area (Å²) in [6.45, 7) is 3.17. The Kier molecular flexibility index (Phi) is 5.54. The third-order valence-electron chi connectivity index (χ3n) is 3.88. The third kappa shape index (κ3) is 3.93. The summed E-state index contributed by atoms with van der Waals surface area (Å²) in [6.07, 6.45) is 1.10. The van der Waals surface area contributed by atoms with Crippen LogP contribution < -0.4 is 5.32 Å². The normalized spacial score (nSPS) is 12.6. The van der Waals surface area contributed by atoms with Crippen LogP contribution >= 0.6 is 0 Å². The van der Waals surface area contributed by atoms with Gasteiger partial charge in [0.15, 0.2) is 0 Å². The van der Waals surface area contributed by atoms with Crippen molar-refractivity contribution in [3.63, 3.8) is 0 Å². The van der Waals surface area contributed by atoms with Crippen LogP contribution in [0.3, 0.4) is 0 Å². The fourth-order valence-corrected chi connectivity index (χ4v) is 2.78. The lowest BCUT2D eigenvalue weighted by Crippen LogP contribution is -2.15. The first kappa shape index (κ1) is 15.7. The standard InChI is InChI=1S/C19H26N2/c1-5-19(20-2)16-12-10-15(11-13-16)18-9-7-6-8-17(18)14-21(3)4/h6-13,19-20H,5,14H2,1-4H3. The molecule has 2 heteroatoms. The Hall–Kier alpha value is -1.64. The van der Waals surface area contributed by atoms with Crippen molar-refractivity contribution in [2.75, 3.05) is 21.1 Å². The molecule has 0 saturated carbocycles. The predicted octanol–water partition coefficient (Wildman–Crippen LogP) is 4.09. The smallest absolute Gasteiger partial charge is 0.0314 e. The van der Waals surface area contributed by atoms with Crippen molar-refractivity contribution in [2.24, 2.45) is 0 Å². The van der Waals surface area contributed by atoms with Gasteiger partial charge >= 0.3 is 0 Å². The molecule has 0 radical (unpaired) electrons. The second kappa shape index (κ2) is 7.39. The van der Waals surface area contributed by atoms with E-state index in [0.29, 0.717) is 6.04 Å². The Morgan fingerprint density at radius 3 is 2.24 bits per heavy atom. The molecule has 0 saturated heterocycles. The lowest BCUT2D eigenvalue weighted by molar-refractivity contribution is 0.403. The van der Waals surface area contributed by atoms with E-state index in [2.05, 4.69) is 79.8 Å². The van der Waals surface area contributed by atoms with E-state index < -0.39 is 0 Å². The van der Waals surface area contributed by atoms with Crippen molar-refractivity contribution >= 4 is 0 Å². The highest BCUT2D eigenvalue weighted by Gasteiger charge is 2.08. The van der Waals surface area contributed by atoms with Gasteiger partial charge in [-0.3, -0.25) is 0 Å². The molecule has 0 aliphatic rings. The molecule has 0 aromatic heterocycles. The first-order valence-corrected chi connectivity index (χ1v) is 7.66. The van der Waals surface area contributed by atoms with Gasteiger partial charge in [0, 0.05) is 12.6 Å². The highest BCUT2D eigenvalue weighted by Crippen LogP contribution is 2.26. The quantitative estimate of drug-likeness (QED) is 0.858. The van der Waals surface area contributed by atoms with Crippen molar-refractivity contribution in [1.82, 2.24) is 10.2 Å². The van der Waals surface area contributed by atoms with Gasteiger partial charge in [-0.2, -0.15) is 0 Å². The molecule has 1 N–H and O–H groups in total. The minimum absolute atomic E-state index is 0.441. The Morgan fingerprint density at radius 1 is 1.00 bits per heavy atom. The zero-order chi connectivity index (χ0) is 15.2. The molecule has 2 rings (SSSR count). The molecule has 0 aliphatic heterocycles. The first-order chi connectivity index (χ1) is 10.2. The Bertz CT molecular complexity index is 554. The van der Waals surface area contributed by atoms with Gasteiger partial charge in [-0.25, -0.2) is 0 Å². The molecule has 0 heterocycles. The van der Waals surface area contributed by atoms with Crippen molar-refractivity contribution in [3.05, 3.63) is 59.7 Å². The van der Waals surface area contributed by atoms with E-state index in [0.717, 1.165) is 13.0 Å². The Labute approximate surface area is 128 Å². The van der Waals surface area contributed by atoms with E-state index >= 15 is 0 Å². The van der Waals surface area contributed by atoms with Crippen molar-refractivity contribution in [2.45, 2.75) is 25.9 Å². The predicted molar refractivity (Wildman–Crippen MR) is 91.4 cm³/mol. The van der Waals surface area contributed by atoms with E-state index in [4.69, 9.17) is 0 Å². The van der Waals surface area contributed by atoms with Gasteiger partial charge in [0.25, 0.3) is 0 Å². The van der Waals surface area contributed by atoms with Crippen LogP contribution in [0.2, 0.25) is 0 Å². The van der Waals surface area contributed by atoms with Crippen LogP contribution in [0.5, 0.6) is 0 Å². The molecule has 112 valence electrons. The topological polar surface area (TPSA) is 15.3 Å². The number of benzene rings is 2. The Morgan fingerprint density at radius 2 is 1.67 bits per heavy atom. The summed E-state index contributed by atoms with van der Waals surface area (Å²) in [6, 6.07) is 18.1. The lowest BCUT2D eigenvalue weighted by Gasteiger charge is -2.17. The summed E-state index contributed by atoms with van der Waals surface area (Å²) in [4.78, 5) is 2.21. The summed E-state index contributed by atoms with van der Waals surface area (Å²) < 4.78 is 0. The number of hydrogen-bond donors (Lipinski definition) is 1. The Balaban J connectivity index is 2.30. The third-order valence-corrected chi connectivity index (χ3v) is 3.88. The average molecular weight is 282 g/mol. The van der Waals surface area contributed by atoms with E-state index in [-0.39, 0.29) is 0 Å². The van der Waals surface area contributed by atoms with Gasteiger partial charge < -0.3 is 10.2 Å². The lowest BCUT2D eigenvalue weighted by atomic mass is 9.96. The maximum atomic E-state index is 3.36. The van der Waals surface area contributed by atoms with Crippen molar-refractivity contribution < 1.29 is 0 Å². The van der Waals surface area contributed by atoms with Crippen molar-refractivity contribution in [1.29, 1.82) is 0 Å². The van der Waals surface area contributed by atoms with Gasteiger partial charge in [0.05, 0.1) is 0 Å². The van der Waals surface area contributed by atoms with Gasteiger partial charge in [-0.15, -0.1) is 0 Å². The van der Waals surface area contributed by atoms with E-state index in [1.807, 2.05) is 7.05 Å². The van der Waals surface area contributed by atoms with Crippen LogP contribution in [0.25, 0.3) is 11.1 Å². The van der Waals surface area contributed by atoms with E-state index in [1.54, 1.807) is 0 Å². The van der Waals surface area contributed by atoms with Crippen LogP contribution in [0.4, 0.5) is 0 Å². The minimum Gasteiger partial charge on any atom is -0.313 e. The second-order valence-electron chi connectivity index (χ2n) is 5.77. The van der Waals surface area contributed by atoms with Gasteiger partial charge in [0.1, 0.15) is 0 Å². The summed E-state index contributed by atoms with van der Waals surface area (Å²) in [5.41, 5.74) is 5.35. The van der Waals surface area contributed by atoms with E-state index in [9.17, 15) is 0 Å². The largest absolute Gasteiger partial charge is 0.313 e. The zero-order valence-corrected chi connectivity index (χ0v) is 13.6. The maximum Gasteiger partial charge on any atom is 0.0314 e. The minimum atomic E-state index is 0.441. The van der Waals surface area contributed by atoms with Gasteiger partial charge in [0.2, 0.25) is 0 Å². The summed E-state index contributed by atoms with van der Waals surface area (Å²) in [5, 5.41) is 3.36. The van der Waals surface area contributed by atoms with Gasteiger partial charge in [-0.05, 0) is 49.8 Å². The monoisotopic (exact) mass is 282 g/mol. The van der Waals surface area contributed by atoms with Crippen molar-refractivity contribution in [3.8, 4) is 11.1 Å². The van der Waals surface area contributed by atoms with E-state index in [1.165, 1.54) is 22.3 Å². The molecule has 2 nitrogen and oxygen atoms in total. The number of rotatable bonds is 6. The summed E-state index contributed by atoms with van der Waals surface area (Å²) in [7, 11) is 6.24. The number of nitrogens with one attached hydrogen (secondary N) is 1. The fourth-order valence-electron chi connectivity index (χ4n) is 2.78. The molecule has 2 aromatic rings. The molecule has 0 bridgehead atoms. The molecular weight excluding hydrogens is 256 g/mol. The highest BCUT2D eigenvalue weighted by atomic mass is 15.0. The SMILES string of the molecule is CCC(NC)c1ccc(-c2ccccc2CN(C)C)cc1. The molecule has 1 unspecified atom stereocenters. The molecule has 0 spiro atoms. The molecule has 0 aliphatic carbocycles. The highest BCUT2D eigenvalue weighted by molar-refractivity contribution is 5.67. The first-order valence-electron chi connectivity index (χ1n) is 7.66. The fraction of sp³-hybridized carbons (Fsp3) is 0.368. The summed E-state index contributed by atoms with van der Waals surface area (Å²) >= 11 is 0. The molecule has 0 amide bonds. The second-order valence-corrected chi connectivity index (χ2v) is 5.77.